The summed E-state index contributed by atoms with van der Waals surface area (Å²) in [5.41, 5.74) is -0.0981. The zero-order valence-electron chi connectivity index (χ0n) is 10.8. The molecule has 0 aromatic carbocycles. The standard InChI is InChI=1S/C12H24ClNO2/c1-10(5-6-15-4)14-8-11(7-13)16-12(2,3)9-14/h10-11H,5-9H2,1-4H3. The maximum absolute atomic E-state index is 5.91. The van der Waals surface area contributed by atoms with E-state index in [-0.39, 0.29) is 11.7 Å². The van der Waals surface area contributed by atoms with Gasteiger partial charge in [-0.3, -0.25) is 4.90 Å². The first-order valence-corrected chi connectivity index (χ1v) is 6.48. The fraction of sp³-hybridized carbons (Fsp3) is 1.00. The Kier molecular flexibility index (Phi) is 5.51. The molecular formula is C12H24ClNO2. The van der Waals surface area contributed by atoms with Crippen molar-refractivity contribution in [3.05, 3.63) is 0 Å². The zero-order valence-corrected chi connectivity index (χ0v) is 11.6. The van der Waals surface area contributed by atoms with Crippen molar-refractivity contribution < 1.29 is 9.47 Å². The molecule has 4 heteroatoms. The molecule has 2 unspecified atom stereocenters. The first kappa shape index (κ1) is 14.2. The van der Waals surface area contributed by atoms with Gasteiger partial charge in [0.1, 0.15) is 0 Å². The predicted octanol–water partition coefficient (Wildman–Crippen LogP) is 2.13. The van der Waals surface area contributed by atoms with Gasteiger partial charge in [0.2, 0.25) is 0 Å². The summed E-state index contributed by atoms with van der Waals surface area (Å²) >= 11 is 5.91. The van der Waals surface area contributed by atoms with Gasteiger partial charge in [-0.05, 0) is 27.2 Å². The van der Waals surface area contributed by atoms with E-state index in [2.05, 4.69) is 25.7 Å². The molecule has 0 aliphatic carbocycles. The number of hydrogen-bond donors (Lipinski definition) is 0. The normalized spacial score (nSPS) is 27.9. The van der Waals surface area contributed by atoms with Crippen molar-refractivity contribution >= 4 is 11.6 Å². The van der Waals surface area contributed by atoms with Crippen LogP contribution >= 0.6 is 11.6 Å². The van der Waals surface area contributed by atoms with E-state index in [1.165, 1.54) is 0 Å². The minimum Gasteiger partial charge on any atom is -0.385 e. The van der Waals surface area contributed by atoms with E-state index < -0.39 is 0 Å². The molecule has 0 radical (unpaired) electrons. The number of nitrogens with zero attached hydrogens (tertiary/aromatic N) is 1. The first-order chi connectivity index (χ1) is 7.48. The van der Waals surface area contributed by atoms with Crippen molar-refractivity contribution in [1.82, 2.24) is 4.90 Å². The number of alkyl halides is 1. The Balaban J connectivity index is 2.51. The Morgan fingerprint density at radius 2 is 2.25 bits per heavy atom. The monoisotopic (exact) mass is 249 g/mol. The lowest BCUT2D eigenvalue weighted by atomic mass is 10.0. The summed E-state index contributed by atoms with van der Waals surface area (Å²) in [5.74, 6) is 0.566. The highest BCUT2D eigenvalue weighted by atomic mass is 35.5. The van der Waals surface area contributed by atoms with Crippen LogP contribution in [0.1, 0.15) is 27.2 Å². The first-order valence-electron chi connectivity index (χ1n) is 5.95. The second-order valence-corrected chi connectivity index (χ2v) is 5.52. The van der Waals surface area contributed by atoms with Gasteiger partial charge in [-0.2, -0.15) is 0 Å². The Bertz CT molecular complexity index is 211. The highest BCUT2D eigenvalue weighted by Gasteiger charge is 2.34. The summed E-state index contributed by atoms with van der Waals surface area (Å²) in [4.78, 5) is 2.45. The Morgan fingerprint density at radius 1 is 1.56 bits per heavy atom. The van der Waals surface area contributed by atoms with Crippen LogP contribution in [0.4, 0.5) is 0 Å². The van der Waals surface area contributed by atoms with Crippen molar-refractivity contribution in [1.29, 1.82) is 0 Å². The molecule has 0 saturated carbocycles. The third-order valence-corrected chi connectivity index (χ3v) is 3.39. The molecule has 2 atom stereocenters. The van der Waals surface area contributed by atoms with Crippen molar-refractivity contribution in [3.63, 3.8) is 0 Å². The highest BCUT2D eigenvalue weighted by Crippen LogP contribution is 2.23. The molecular weight excluding hydrogens is 226 g/mol. The second-order valence-electron chi connectivity index (χ2n) is 5.21. The molecule has 1 aliphatic heterocycles. The van der Waals surface area contributed by atoms with Gasteiger partial charge in [0.05, 0.1) is 11.7 Å². The van der Waals surface area contributed by atoms with E-state index >= 15 is 0 Å². The maximum Gasteiger partial charge on any atom is 0.0845 e. The van der Waals surface area contributed by atoms with E-state index in [4.69, 9.17) is 21.1 Å². The minimum atomic E-state index is -0.0981. The quantitative estimate of drug-likeness (QED) is 0.697. The number of methoxy groups -OCH3 is 1. The molecule has 0 aromatic heterocycles. The summed E-state index contributed by atoms with van der Waals surface area (Å²) in [7, 11) is 1.75. The van der Waals surface area contributed by atoms with Gasteiger partial charge in [-0.15, -0.1) is 11.6 Å². The Morgan fingerprint density at radius 3 is 2.81 bits per heavy atom. The van der Waals surface area contributed by atoms with Crippen LogP contribution in [0.2, 0.25) is 0 Å². The molecule has 3 nitrogen and oxygen atoms in total. The van der Waals surface area contributed by atoms with E-state index in [1.54, 1.807) is 7.11 Å². The average Bonchev–Trinajstić information content (AvgIpc) is 2.23. The molecule has 1 aliphatic rings. The SMILES string of the molecule is COCCC(C)N1CC(CCl)OC(C)(C)C1. The number of morpholine rings is 1. The zero-order chi connectivity index (χ0) is 12.2. The van der Waals surface area contributed by atoms with Gasteiger partial charge in [-0.1, -0.05) is 0 Å². The maximum atomic E-state index is 5.91. The molecule has 0 amide bonds. The average molecular weight is 250 g/mol. The summed E-state index contributed by atoms with van der Waals surface area (Å²) in [6.45, 7) is 9.20. The molecule has 96 valence electrons. The third-order valence-electron chi connectivity index (χ3n) is 3.04. The fourth-order valence-corrected chi connectivity index (χ4v) is 2.39. The van der Waals surface area contributed by atoms with E-state index in [9.17, 15) is 0 Å². The molecule has 0 aromatic rings. The molecule has 0 spiro atoms. The van der Waals surface area contributed by atoms with Crippen molar-refractivity contribution in [2.45, 2.75) is 44.9 Å². The summed E-state index contributed by atoms with van der Waals surface area (Å²) in [6, 6.07) is 0.522. The van der Waals surface area contributed by atoms with Crippen LogP contribution in [0.3, 0.4) is 0 Å². The van der Waals surface area contributed by atoms with Gasteiger partial charge in [0.25, 0.3) is 0 Å². The second kappa shape index (κ2) is 6.20. The van der Waals surface area contributed by atoms with Gasteiger partial charge < -0.3 is 9.47 Å². The minimum absolute atomic E-state index is 0.0981. The van der Waals surface area contributed by atoms with E-state index in [1.807, 2.05) is 0 Å². The molecule has 1 saturated heterocycles. The lowest BCUT2D eigenvalue weighted by molar-refractivity contribution is -0.136. The number of hydrogen-bond acceptors (Lipinski definition) is 3. The number of ether oxygens (including phenoxy) is 2. The molecule has 16 heavy (non-hydrogen) atoms. The molecule has 0 bridgehead atoms. The predicted molar refractivity (Wildman–Crippen MR) is 67.2 cm³/mol. The van der Waals surface area contributed by atoms with Gasteiger partial charge >= 0.3 is 0 Å². The lowest BCUT2D eigenvalue weighted by Crippen LogP contribution is -2.55. The van der Waals surface area contributed by atoms with Crippen molar-refractivity contribution in [2.75, 3.05) is 32.7 Å². The Hall–Kier alpha value is 0.170. The highest BCUT2D eigenvalue weighted by molar-refractivity contribution is 6.18. The number of rotatable bonds is 5. The summed E-state index contributed by atoms with van der Waals surface area (Å²) in [6.07, 6.45) is 1.21. The van der Waals surface area contributed by atoms with Crippen molar-refractivity contribution in [3.8, 4) is 0 Å². The molecule has 1 fully saturated rings. The van der Waals surface area contributed by atoms with Crippen LogP contribution in [0.5, 0.6) is 0 Å². The van der Waals surface area contributed by atoms with Crippen molar-refractivity contribution in [2.24, 2.45) is 0 Å². The lowest BCUT2D eigenvalue weighted by Gasteiger charge is -2.44. The van der Waals surface area contributed by atoms with Crippen LogP contribution in [0.15, 0.2) is 0 Å². The van der Waals surface area contributed by atoms with Gasteiger partial charge in [0, 0.05) is 38.7 Å². The van der Waals surface area contributed by atoms with Crippen LogP contribution in [0, 0.1) is 0 Å². The number of halogens is 1. The van der Waals surface area contributed by atoms with E-state index in [0.717, 1.165) is 26.1 Å². The molecule has 1 heterocycles. The topological polar surface area (TPSA) is 21.7 Å². The molecule has 0 N–H and O–H groups in total. The van der Waals surface area contributed by atoms with Gasteiger partial charge in [-0.25, -0.2) is 0 Å². The largest absolute Gasteiger partial charge is 0.385 e. The summed E-state index contributed by atoms with van der Waals surface area (Å²) in [5, 5.41) is 0. The van der Waals surface area contributed by atoms with Crippen LogP contribution in [0.25, 0.3) is 0 Å². The summed E-state index contributed by atoms with van der Waals surface area (Å²) < 4.78 is 11.0. The van der Waals surface area contributed by atoms with Crippen LogP contribution < -0.4 is 0 Å². The van der Waals surface area contributed by atoms with Crippen LogP contribution in [-0.2, 0) is 9.47 Å². The fourth-order valence-electron chi connectivity index (χ4n) is 2.23. The van der Waals surface area contributed by atoms with Crippen LogP contribution in [-0.4, -0.2) is 55.3 Å². The van der Waals surface area contributed by atoms with E-state index in [0.29, 0.717) is 11.9 Å². The molecule has 1 rings (SSSR count). The smallest absolute Gasteiger partial charge is 0.0845 e. The third kappa shape index (κ3) is 4.21. The Labute approximate surface area is 104 Å². The van der Waals surface area contributed by atoms with Gasteiger partial charge in [0.15, 0.2) is 0 Å².